The van der Waals surface area contributed by atoms with Crippen LogP contribution < -0.4 is 15.7 Å². The quantitative estimate of drug-likeness (QED) is 0.231. The number of carbonyl (C=O) groups excluding carboxylic acids is 2. The largest absolute Gasteiger partial charge is 0.464 e. The number of hydrogen-bond donors (Lipinski definition) is 1. The highest BCUT2D eigenvalue weighted by Crippen LogP contribution is 2.32. The van der Waals surface area contributed by atoms with Crippen LogP contribution in [0.4, 0.5) is 0 Å². The Morgan fingerprint density at radius 2 is 1.71 bits per heavy atom. The van der Waals surface area contributed by atoms with Crippen molar-refractivity contribution in [2.75, 3.05) is 12.4 Å². The van der Waals surface area contributed by atoms with E-state index in [-0.39, 0.29) is 0 Å². The van der Waals surface area contributed by atoms with Crippen LogP contribution in [0.1, 0.15) is 31.2 Å². The van der Waals surface area contributed by atoms with Crippen molar-refractivity contribution in [3.8, 4) is 5.75 Å². The highest BCUT2D eigenvalue weighted by Gasteiger charge is 2.38. The highest BCUT2D eigenvalue weighted by molar-refractivity contribution is 7.85. The number of hydrogen-bond acceptors (Lipinski definition) is 6. The Kier molecular flexibility index (Phi) is 7.77. The Balaban J connectivity index is 2.11. The summed E-state index contributed by atoms with van der Waals surface area (Å²) in [7, 11) is 1.65. The molecule has 1 aromatic carbocycles. The summed E-state index contributed by atoms with van der Waals surface area (Å²) in [4.78, 5) is 25.2. The first-order valence-electron chi connectivity index (χ1n) is 9.56. The van der Waals surface area contributed by atoms with Crippen molar-refractivity contribution in [1.29, 1.82) is 0 Å². The minimum absolute atomic E-state index is 0.438. The van der Waals surface area contributed by atoms with Crippen molar-refractivity contribution in [2.24, 2.45) is 11.8 Å². The number of ether oxygens (including phenoxy) is 2. The summed E-state index contributed by atoms with van der Waals surface area (Å²) in [6.45, 7) is -0.438. The Morgan fingerprint density at radius 3 is 2.29 bits per heavy atom. The lowest BCUT2D eigenvalue weighted by molar-refractivity contribution is -0.158. The summed E-state index contributed by atoms with van der Waals surface area (Å²) in [5.74, 6) is -2.50. The lowest BCUT2D eigenvalue weighted by Crippen LogP contribution is -2.37. The van der Waals surface area contributed by atoms with Crippen molar-refractivity contribution in [2.45, 2.75) is 32.0 Å². The van der Waals surface area contributed by atoms with E-state index in [1.807, 2.05) is 35.7 Å². The standard InChI is InChI=1S/C17H25B3O7S/c18-9-10-7-11(19)8-14(20)15(10)27-17(22)13-4-2-1-3-12(13)16(21)26-5-6-28(23,24)25/h7-8,12-13H,1-6,9,18-20H2,(H,23,24,25). The van der Waals surface area contributed by atoms with Crippen LogP contribution in [0.25, 0.3) is 0 Å². The summed E-state index contributed by atoms with van der Waals surface area (Å²) in [6.07, 6.45) is 3.31. The van der Waals surface area contributed by atoms with E-state index in [1.165, 1.54) is 0 Å². The Morgan fingerprint density at radius 1 is 1.11 bits per heavy atom. The van der Waals surface area contributed by atoms with Crippen LogP contribution in [0.2, 0.25) is 0 Å². The summed E-state index contributed by atoms with van der Waals surface area (Å²) < 4.78 is 41.0. The SMILES string of the molecule is BCc1cc(B)cc(B)c1OC(=O)C1CCCCC1C(=O)OCCS(=O)(=O)O. The molecular formula is C17H25B3O7S. The van der Waals surface area contributed by atoms with Crippen LogP contribution in [0.15, 0.2) is 12.1 Å². The predicted molar refractivity (Wildman–Crippen MR) is 114 cm³/mol. The molecule has 2 rings (SSSR count). The zero-order valence-corrected chi connectivity index (χ0v) is 17.4. The number of benzene rings is 1. The van der Waals surface area contributed by atoms with Crippen LogP contribution in [0, 0.1) is 11.8 Å². The van der Waals surface area contributed by atoms with Gasteiger partial charge in [-0.2, -0.15) is 8.42 Å². The van der Waals surface area contributed by atoms with Gasteiger partial charge < -0.3 is 9.47 Å². The second-order valence-electron chi connectivity index (χ2n) is 7.30. The first kappa shape index (κ1) is 22.6. The van der Waals surface area contributed by atoms with Gasteiger partial charge >= 0.3 is 11.9 Å². The highest BCUT2D eigenvalue weighted by atomic mass is 32.2. The molecule has 1 saturated carbocycles. The van der Waals surface area contributed by atoms with Gasteiger partial charge in [0, 0.05) is 0 Å². The molecule has 11 heteroatoms. The first-order valence-corrected chi connectivity index (χ1v) is 11.2. The Hall–Kier alpha value is -1.74. The van der Waals surface area contributed by atoms with Crippen molar-refractivity contribution < 1.29 is 32.0 Å². The zero-order chi connectivity index (χ0) is 20.9. The third-order valence-electron chi connectivity index (χ3n) is 5.04. The minimum atomic E-state index is -4.21. The molecule has 1 N–H and O–H groups in total. The Labute approximate surface area is 168 Å². The molecule has 1 aromatic rings. The van der Waals surface area contributed by atoms with E-state index in [4.69, 9.17) is 14.0 Å². The van der Waals surface area contributed by atoms with Gasteiger partial charge in [0.15, 0.2) is 0 Å². The molecule has 1 fully saturated rings. The third-order valence-corrected chi connectivity index (χ3v) is 5.72. The van der Waals surface area contributed by atoms with Crippen molar-refractivity contribution in [3.05, 3.63) is 17.7 Å². The van der Waals surface area contributed by atoms with Gasteiger partial charge in [-0.3, -0.25) is 14.1 Å². The Bertz CT molecular complexity index is 841. The zero-order valence-electron chi connectivity index (χ0n) is 16.6. The molecule has 2 unspecified atom stereocenters. The maximum absolute atomic E-state index is 12.9. The molecule has 1 aliphatic rings. The normalized spacial score (nSPS) is 19.8. The molecule has 150 valence electrons. The van der Waals surface area contributed by atoms with Gasteiger partial charge in [0.05, 0.1) is 11.8 Å². The van der Waals surface area contributed by atoms with E-state index in [9.17, 15) is 18.0 Å². The molecule has 0 radical (unpaired) electrons. The van der Waals surface area contributed by atoms with E-state index < -0.39 is 46.3 Å². The van der Waals surface area contributed by atoms with Crippen molar-refractivity contribution in [3.63, 3.8) is 0 Å². The average molecular weight is 406 g/mol. The lowest BCUT2D eigenvalue weighted by atomic mass is 9.79. The average Bonchev–Trinajstić information content (AvgIpc) is 2.62. The van der Waals surface area contributed by atoms with E-state index >= 15 is 0 Å². The molecule has 0 saturated heterocycles. The second kappa shape index (κ2) is 9.65. The summed E-state index contributed by atoms with van der Waals surface area (Å²) in [6, 6.07) is 3.93. The molecule has 0 spiro atoms. The molecule has 0 aliphatic heterocycles. The van der Waals surface area contributed by atoms with Gasteiger partial charge in [-0.25, -0.2) is 0 Å². The maximum atomic E-state index is 12.9. The molecule has 0 bridgehead atoms. The molecule has 0 aromatic heterocycles. The van der Waals surface area contributed by atoms with E-state index in [2.05, 4.69) is 0 Å². The fourth-order valence-electron chi connectivity index (χ4n) is 3.68. The van der Waals surface area contributed by atoms with Crippen LogP contribution in [0.5, 0.6) is 5.75 Å². The van der Waals surface area contributed by atoms with Crippen LogP contribution in [-0.4, -0.2) is 60.8 Å². The first-order chi connectivity index (χ1) is 13.1. The summed E-state index contributed by atoms with van der Waals surface area (Å²) in [5.41, 5.74) is 2.90. The molecule has 0 amide bonds. The van der Waals surface area contributed by atoms with Crippen molar-refractivity contribution >= 4 is 56.5 Å². The van der Waals surface area contributed by atoms with Gasteiger partial charge in [0.1, 0.15) is 41.6 Å². The van der Waals surface area contributed by atoms with Gasteiger partial charge in [-0.1, -0.05) is 36.8 Å². The van der Waals surface area contributed by atoms with E-state index in [0.29, 0.717) is 18.6 Å². The van der Waals surface area contributed by atoms with Gasteiger partial charge in [0.2, 0.25) is 0 Å². The molecule has 0 heterocycles. The van der Waals surface area contributed by atoms with Gasteiger partial charge in [-0.15, -0.1) is 0 Å². The molecule has 1 aliphatic carbocycles. The minimum Gasteiger partial charge on any atom is -0.464 e. The fourth-order valence-corrected chi connectivity index (χ4v) is 3.97. The molecule has 2 atom stereocenters. The fraction of sp³-hybridized carbons (Fsp3) is 0.529. The smallest absolute Gasteiger partial charge is 0.315 e. The monoisotopic (exact) mass is 406 g/mol. The summed E-state index contributed by atoms with van der Waals surface area (Å²) >= 11 is 0. The molecule has 28 heavy (non-hydrogen) atoms. The van der Waals surface area contributed by atoms with Gasteiger partial charge in [-0.05, 0) is 23.9 Å². The lowest BCUT2D eigenvalue weighted by Gasteiger charge is -2.28. The number of carbonyl (C=O) groups is 2. The van der Waals surface area contributed by atoms with Crippen molar-refractivity contribution in [1.82, 2.24) is 0 Å². The van der Waals surface area contributed by atoms with Crippen LogP contribution in [0.3, 0.4) is 0 Å². The maximum Gasteiger partial charge on any atom is 0.315 e. The van der Waals surface area contributed by atoms with Crippen LogP contribution in [-0.2, 0) is 30.8 Å². The number of esters is 2. The van der Waals surface area contributed by atoms with E-state index in [1.54, 1.807) is 0 Å². The third kappa shape index (κ3) is 6.14. The summed E-state index contributed by atoms with van der Waals surface area (Å²) in [5, 5.41) is 0. The van der Waals surface area contributed by atoms with Crippen LogP contribution >= 0.6 is 0 Å². The topological polar surface area (TPSA) is 107 Å². The molecule has 7 nitrogen and oxygen atoms in total. The predicted octanol–water partition coefficient (Wildman–Crippen LogP) is -2.52. The van der Waals surface area contributed by atoms with E-state index in [0.717, 1.165) is 35.7 Å². The van der Waals surface area contributed by atoms with Gasteiger partial charge in [0.25, 0.3) is 10.1 Å². The molecular weight excluding hydrogens is 381 g/mol. The number of rotatable bonds is 7. The second-order valence-corrected chi connectivity index (χ2v) is 8.87.